The van der Waals surface area contributed by atoms with Crippen molar-refractivity contribution in [2.45, 2.75) is 6.92 Å². The summed E-state index contributed by atoms with van der Waals surface area (Å²) in [6.07, 6.45) is 1.62. The fourth-order valence-corrected chi connectivity index (χ4v) is 1.07. The summed E-state index contributed by atoms with van der Waals surface area (Å²) >= 11 is 0. The fraction of sp³-hybridized carbons (Fsp3) is 0.0909. The summed E-state index contributed by atoms with van der Waals surface area (Å²) in [5.41, 5.74) is -0.190. The van der Waals surface area contributed by atoms with Crippen LogP contribution in [0.2, 0.25) is 0 Å². The maximum atomic E-state index is 13.6. The second-order valence-corrected chi connectivity index (χ2v) is 3.04. The molecule has 0 atom stereocenters. The highest BCUT2D eigenvalue weighted by molar-refractivity contribution is 5.85. The Hall–Kier alpha value is -2.24. The molecular formula is C11H8F2O4. The van der Waals surface area contributed by atoms with Crippen molar-refractivity contribution >= 4 is 18.0 Å². The van der Waals surface area contributed by atoms with Crippen molar-refractivity contribution in [1.29, 1.82) is 0 Å². The first-order valence-corrected chi connectivity index (χ1v) is 4.49. The number of halogens is 2. The van der Waals surface area contributed by atoms with E-state index in [1.165, 1.54) is 0 Å². The van der Waals surface area contributed by atoms with Crippen LogP contribution >= 0.6 is 0 Å². The van der Waals surface area contributed by atoms with Gasteiger partial charge in [0.15, 0.2) is 11.6 Å². The van der Waals surface area contributed by atoms with Gasteiger partial charge in [-0.2, -0.15) is 0 Å². The monoisotopic (exact) mass is 242 g/mol. The molecule has 1 aromatic carbocycles. The number of hydrogen-bond acceptors (Lipinski definition) is 3. The van der Waals surface area contributed by atoms with Gasteiger partial charge in [-0.15, -0.1) is 0 Å². The number of esters is 1. The Kier molecular flexibility index (Phi) is 3.92. The molecule has 0 saturated carbocycles. The molecule has 0 aromatic heterocycles. The first kappa shape index (κ1) is 12.8. The van der Waals surface area contributed by atoms with Gasteiger partial charge in [0.2, 0.25) is 5.75 Å². The lowest BCUT2D eigenvalue weighted by molar-refractivity contribution is -0.132. The van der Waals surface area contributed by atoms with Crippen molar-refractivity contribution in [2.75, 3.05) is 0 Å². The predicted molar refractivity (Wildman–Crippen MR) is 54.3 cm³/mol. The average Bonchev–Trinajstić information content (AvgIpc) is 2.22. The van der Waals surface area contributed by atoms with Crippen LogP contribution in [0.15, 0.2) is 18.2 Å². The van der Waals surface area contributed by atoms with E-state index >= 15 is 0 Å². The van der Waals surface area contributed by atoms with E-state index in [0.29, 0.717) is 6.08 Å². The lowest BCUT2D eigenvalue weighted by atomic mass is 10.1. The molecular weight excluding hydrogens is 234 g/mol. The number of carboxylic acid groups (broad SMARTS) is 1. The van der Waals surface area contributed by atoms with Crippen LogP contribution in [0, 0.1) is 11.6 Å². The van der Waals surface area contributed by atoms with Gasteiger partial charge < -0.3 is 9.84 Å². The van der Waals surface area contributed by atoms with Crippen LogP contribution in [0.5, 0.6) is 5.75 Å². The van der Waals surface area contributed by atoms with E-state index in [2.05, 4.69) is 4.74 Å². The zero-order valence-corrected chi connectivity index (χ0v) is 8.74. The van der Waals surface area contributed by atoms with Gasteiger partial charge in [-0.1, -0.05) is 0 Å². The topological polar surface area (TPSA) is 63.6 Å². The number of carbonyl (C=O) groups excluding carboxylic acids is 1. The van der Waals surface area contributed by atoms with Gasteiger partial charge in [0.05, 0.1) is 0 Å². The number of rotatable bonds is 3. The molecule has 4 nitrogen and oxygen atoms in total. The molecule has 1 N–H and O–H groups in total. The second kappa shape index (κ2) is 5.20. The highest BCUT2D eigenvalue weighted by atomic mass is 19.1. The van der Waals surface area contributed by atoms with E-state index in [1.54, 1.807) is 0 Å². The lowest BCUT2D eigenvalue weighted by Crippen LogP contribution is -2.06. The van der Waals surface area contributed by atoms with Crippen molar-refractivity contribution < 1.29 is 28.2 Å². The van der Waals surface area contributed by atoms with Crippen molar-refractivity contribution in [2.24, 2.45) is 0 Å². The minimum atomic E-state index is -1.28. The standard InChI is InChI=1S/C11H8F2O4/c1-6(14)17-11-8(12)4-2-7(10(11)13)3-5-9(15)16/h2-5H,1H3,(H,15,16). The maximum Gasteiger partial charge on any atom is 0.328 e. The summed E-state index contributed by atoms with van der Waals surface area (Å²) in [5.74, 6) is -5.15. The molecule has 90 valence electrons. The molecule has 6 heteroatoms. The minimum absolute atomic E-state index is 0.190. The van der Waals surface area contributed by atoms with Gasteiger partial charge in [-0.3, -0.25) is 4.79 Å². The van der Waals surface area contributed by atoms with Gasteiger partial charge in [0.25, 0.3) is 0 Å². The Morgan fingerprint density at radius 3 is 2.53 bits per heavy atom. The third-order valence-corrected chi connectivity index (χ3v) is 1.73. The van der Waals surface area contributed by atoms with Crippen molar-refractivity contribution in [3.8, 4) is 5.75 Å². The molecule has 0 aliphatic heterocycles. The van der Waals surface area contributed by atoms with Gasteiger partial charge >= 0.3 is 11.9 Å². The summed E-state index contributed by atoms with van der Waals surface area (Å²) in [5, 5.41) is 8.37. The Bertz CT molecular complexity index is 494. The molecule has 1 aromatic rings. The van der Waals surface area contributed by atoms with Crippen molar-refractivity contribution in [3.63, 3.8) is 0 Å². The lowest BCUT2D eigenvalue weighted by Gasteiger charge is -2.06. The van der Waals surface area contributed by atoms with Crippen LogP contribution in [0.1, 0.15) is 12.5 Å². The summed E-state index contributed by atoms with van der Waals surface area (Å²) in [7, 11) is 0. The minimum Gasteiger partial charge on any atom is -0.478 e. The summed E-state index contributed by atoms with van der Waals surface area (Å²) < 4.78 is 31.1. The van der Waals surface area contributed by atoms with Gasteiger partial charge in [-0.05, 0) is 18.2 Å². The van der Waals surface area contributed by atoms with Gasteiger partial charge in [-0.25, -0.2) is 13.6 Å². The average molecular weight is 242 g/mol. The van der Waals surface area contributed by atoms with E-state index in [4.69, 9.17) is 5.11 Å². The summed E-state index contributed by atoms with van der Waals surface area (Å²) in [6, 6.07) is 1.92. The zero-order chi connectivity index (χ0) is 13.0. The van der Waals surface area contributed by atoms with Crippen LogP contribution in [0.25, 0.3) is 6.08 Å². The molecule has 0 bridgehead atoms. The molecule has 0 saturated heterocycles. The molecule has 0 aliphatic carbocycles. The molecule has 0 spiro atoms. The second-order valence-electron chi connectivity index (χ2n) is 3.04. The van der Waals surface area contributed by atoms with E-state index < -0.39 is 29.3 Å². The van der Waals surface area contributed by atoms with E-state index in [0.717, 1.165) is 25.1 Å². The molecule has 0 radical (unpaired) electrons. The summed E-state index contributed by atoms with van der Waals surface area (Å²) in [6.45, 7) is 0.999. The quantitative estimate of drug-likeness (QED) is 0.500. The third kappa shape index (κ3) is 3.37. The highest BCUT2D eigenvalue weighted by Crippen LogP contribution is 2.25. The van der Waals surface area contributed by atoms with Gasteiger partial charge in [0.1, 0.15) is 0 Å². The Morgan fingerprint density at radius 1 is 1.35 bits per heavy atom. The molecule has 0 fully saturated rings. The Balaban J connectivity index is 3.18. The molecule has 17 heavy (non-hydrogen) atoms. The van der Waals surface area contributed by atoms with E-state index in [9.17, 15) is 18.4 Å². The van der Waals surface area contributed by atoms with Crippen LogP contribution in [0.4, 0.5) is 8.78 Å². The molecule has 0 amide bonds. The molecule has 0 heterocycles. The van der Waals surface area contributed by atoms with Crippen molar-refractivity contribution in [3.05, 3.63) is 35.4 Å². The number of aliphatic carboxylic acids is 1. The van der Waals surface area contributed by atoms with Crippen LogP contribution in [-0.4, -0.2) is 17.0 Å². The fourth-order valence-electron chi connectivity index (χ4n) is 1.07. The first-order chi connectivity index (χ1) is 7.91. The van der Waals surface area contributed by atoms with Crippen LogP contribution in [0.3, 0.4) is 0 Å². The Labute approximate surface area is 95.1 Å². The maximum absolute atomic E-state index is 13.6. The number of hydrogen-bond donors (Lipinski definition) is 1. The SMILES string of the molecule is CC(=O)Oc1c(F)ccc(C=CC(=O)O)c1F. The number of ether oxygens (including phenoxy) is 1. The number of carbonyl (C=O) groups is 2. The molecule has 0 aliphatic rings. The van der Waals surface area contributed by atoms with Gasteiger partial charge in [0, 0.05) is 18.6 Å². The van der Waals surface area contributed by atoms with Crippen LogP contribution in [-0.2, 0) is 9.59 Å². The third-order valence-electron chi connectivity index (χ3n) is 1.73. The zero-order valence-electron chi connectivity index (χ0n) is 8.74. The number of carboxylic acids is 1. The van der Waals surface area contributed by atoms with Crippen LogP contribution < -0.4 is 4.74 Å². The summed E-state index contributed by atoms with van der Waals surface area (Å²) in [4.78, 5) is 20.9. The predicted octanol–water partition coefficient (Wildman–Crippen LogP) is 1.99. The largest absolute Gasteiger partial charge is 0.478 e. The number of benzene rings is 1. The molecule has 1 rings (SSSR count). The smallest absolute Gasteiger partial charge is 0.328 e. The van der Waals surface area contributed by atoms with E-state index in [-0.39, 0.29) is 5.56 Å². The molecule has 0 unspecified atom stereocenters. The first-order valence-electron chi connectivity index (χ1n) is 4.49. The normalized spacial score (nSPS) is 10.5. The highest BCUT2D eigenvalue weighted by Gasteiger charge is 2.15. The Morgan fingerprint density at radius 2 is 2.00 bits per heavy atom. The van der Waals surface area contributed by atoms with Crippen molar-refractivity contribution in [1.82, 2.24) is 0 Å². The van der Waals surface area contributed by atoms with E-state index in [1.807, 2.05) is 0 Å².